The van der Waals surface area contributed by atoms with Gasteiger partial charge in [0, 0.05) is 34.3 Å². The van der Waals surface area contributed by atoms with Crippen LogP contribution in [0.2, 0.25) is 0 Å². The third kappa shape index (κ3) is 4.40. The molecule has 0 aliphatic carbocycles. The van der Waals surface area contributed by atoms with E-state index in [0.717, 1.165) is 12.3 Å². The summed E-state index contributed by atoms with van der Waals surface area (Å²) >= 11 is 0. The molecule has 0 spiro atoms. The maximum atomic E-state index is 14.1. The van der Waals surface area contributed by atoms with Gasteiger partial charge in [-0.15, -0.1) is 0 Å². The van der Waals surface area contributed by atoms with Crippen LogP contribution in [0, 0.1) is 28.9 Å². The van der Waals surface area contributed by atoms with Crippen LogP contribution >= 0.6 is 0 Å². The summed E-state index contributed by atoms with van der Waals surface area (Å²) in [6.07, 6.45) is 1.14. The van der Waals surface area contributed by atoms with Crippen LogP contribution in [0.4, 0.5) is 20.2 Å². The molecular weight excluding hydrogens is 360 g/mol. The first kappa shape index (κ1) is 18.8. The van der Waals surface area contributed by atoms with Crippen LogP contribution in [0.1, 0.15) is 27.0 Å². The zero-order valence-corrected chi connectivity index (χ0v) is 14.6. The molecule has 0 saturated heterocycles. The van der Waals surface area contributed by atoms with Crippen molar-refractivity contribution >= 4 is 23.5 Å². The van der Waals surface area contributed by atoms with Gasteiger partial charge in [0.25, 0.3) is 5.91 Å². The van der Waals surface area contributed by atoms with Crippen molar-refractivity contribution in [1.82, 2.24) is 0 Å². The molecule has 3 aromatic carbocycles. The average Bonchev–Trinajstić information content (AvgIpc) is 2.70. The van der Waals surface area contributed by atoms with Crippen LogP contribution < -0.4 is 11.1 Å². The summed E-state index contributed by atoms with van der Waals surface area (Å²) in [6, 6.07) is 14.2. The number of nitrogens with two attached hydrogens (primary N) is 1. The number of anilines is 2. The van der Waals surface area contributed by atoms with E-state index >= 15 is 0 Å². The number of rotatable bonds is 3. The molecule has 0 aromatic heterocycles. The van der Waals surface area contributed by atoms with E-state index in [9.17, 15) is 13.6 Å². The minimum absolute atomic E-state index is 0.173. The fraction of sp³-hybridized carbons (Fsp3) is 0. The molecule has 6 heteroatoms. The first-order valence-electron chi connectivity index (χ1n) is 8.25. The van der Waals surface area contributed by atoms with Gasteiger partial charge in [0.05, 0.1) is 5.56 Å². The second-order valence-corrected chi connectivity index (χ2v) is 5.89. The van der Waals surface area contributed by atoms with Gasteiger partial charge in [0.1, 0.15) is 11.6 Å². The van der Waals surface area contributed by atoms with Crippen molar-refractivity contribution in [3.8, 4) is 11.8 Å². The smallest absolute Gasteiger partial charge is 0.258 e. The minimum Gasteiger partial charge on any atom is -0.398 e. The van der Waals surface area contributed by atoms with Crippen molar-refractivity contribution in [3.63, 3.8) is 0 Å². The van der Waals surface area contributed by atoms with Gasteiger partial charge in [-0.3, -0.25) is 4.79 Å². The molecule has 28 heavy (non-hydrogen) atoms. The molecule has 0 radical (unpaired) electrons. The Hall–Kier alpha value is -3.98. The lowest BCUT2D eigenvalue weighted by Crippen LogP contribution is -2.14. The largest absolute Gasteiger partial charge is 0.398 e. The molecule has 0 aliphatic heterocycles. The summed E-state index contributed by atoms with van der Waals surface area (Å²) in [5, 5.41) is 9.84. The second kappa shape index (κ2) is 8.14. The monoisotopic (exact) mass is 375 g/mol. The Balaban J connectivity index is 1.84. The first-order valence-corrected chi connectivity index (χ1v) is 8.25. The quantitative estimate of drug-likeness (QED) is 0.364. The molecule has 4 N–H and O–H groups in total. The van der Waals surface area contributed by atoms with E-state index in [1.807, 2.05) is 0 Å². The van der Waals surface area contributed by atoms with E-state index < -0.39 is 17.5 Å². The number of hydrogen-bond donors (Lipinski definition) is 3. The molecule has 0 fully saturated rings. The standard InChI is InChI=1S/C22H15F2N3O/c23-17-5-7-18(8-6-17)27-22(28)19-12-15(3-9-20(19)24)2-1-14-4-10-21(26)16(11-14)13-25/h3-13,25H,26H2,(H,27,28). The van der Waals surface area contributed by atoms with Crippen molar-refractivity contribution < 1.29 is 13.6 Å². The van der Waals surface area contributed by atoms with Gasteiger partial charge >= 0.3 is 0 Å². The molecule has 3 rings (SSSR count). The highest BCUT2D eigenvalue weighted by atomic mass is 19.1. The molecule has 1 amide bonds. The summed E-state index contributed by atoms with van der Waals surface area (Å²) in [7, 11) is 0. The summed E-state index contributed by atoms with van der Waals surface area (Å²) in [5.41, 5.74) is 8.02. The molecular formula is C22H15F2N3O. The number of benzene rings is 3. The Kier molecular flexibility index (Phi) is 5.47. The Morgan fingerprint density at radius 1 is 0.964 bits per heavy atom. The highest BCUT2D eigenvalue weighted by molar-refractivity contribution is 6.04. The number of carbonyl (C=O) groups excluding carboxylic acids is 1. The molecule has 4 nitrogen and oxygen atoms in total. The van der Waals surface area contributed by atoms with E-state index in [1.54, 1.807) is 18.2 Å². The third-order valence-electron chi connectivity index (χ3n) is 3.91. The number of hydrogen-bond acceptors (Lipinski definition) is 3. The highest BCUT2D eigenvalue weighted by Crippen LogP contribution is 2.15. The zero-order chi connectivity index (χ0) is 20.1. The number of amides is 1. The van der Waals surface area contributed by atoms with E-state index in [0.29, 0.717) is 28.1 Å². The van der Waals surface area contributed by atoms with Crippen LogP contribution in [0.5, 0.6) is 0 Å². The summed E-state index contributed by atoms with van der Waals surface area (Å²) in [6.45, 7) is 0. The third-order valence-corrected chi connectivity index (χ3v) is 3.91. The maximum absolute atomic E-state index is 14.1. The van der Waals surface area contributed by atoms with E-state index in [1.165, 1.54) is 36.4 Å². The van der Waals surface area contributed by atoms with Crippen molar-refractivity contribution in [2.45, 2.75) is 0 Å². The fourth-order valence-electron chi connectivity index (χ4n) is 2.43. The highest BCUT2D eigenvalue weighted by Gasteiger charge is 2.12. The normalized spacial score (nSPS) is 9.93. The minimum atomic E-state index is -0.691. The predicted molar refractivity (Wildman–Crippen MR) is 105 cm³/mol. The van der Waals surface area contributed by atoms with Gasteiger partial charge in [0.2, 0.25) is 0 Å². The fourth-order valence-corrected chi connectivity index (χ4v) is 2.43. The van der Waals surface area contributed by atoms with E-state index in [-0.39, 0.29) is 5.56 Å². The van der Waals surface area contributed by atoms with E-state index in [2.05, 4.69) is 17.2 Å². The average molecular weight is 375 g/mol. The molecule has 3 aromatic rings. The van der Waals surface area contributed by atoms with Crippen molar-refractivity contribution in [2.75, 3.05) is 11.1 Å². The maximum Gasteiger partial charge on any atom is 0.258 e. The Morgan fingerprint density at radius 2 is 1.61 bits per heavy atom. The summed E-state index contributed by atoms with van der Waals surface area (Å²) in [5.74, 6) is 3.98. The van der Waals surface area contributed by atoms with Crippen molar-refractivity contribution in [3.05, 3.63) is 94.6 Å². The van der Waals surface area contributed by atoms with E-state index in [4.69, 9.17) is 11.1 Å². The Bertz CT molecular complexity index is 1110. The molecule has 0 aliphatic rings. The lowest BCUT2D eigenvalue weighted by Gasteiger charge is -2.06. The lowest BCUT2D eigenvalue weighted by molar-refractivity contribution is 0.102. The molecule has 0 bridgehead atoms. The Labute approximate surface area is 160 Å². The van der Waals surface area contributed by atoms with Gasteiger partial charge in [-0.05, 0) is 60.7 Å². The van der Waals surface area contributed by atoms with Crippen molar-refractivity contribution in [2.24, 2.45) is 0 Å². The summed E-state index contributed by atoms with van der Waals surface area (Å²) < 4.78 is 27.0. The summed E-state index contributed by atoms with van der Waals surface area (Å²) in [4.78, 5) is 12.3. The first-order chi connectivity index (χ1) is 13.5. The molecule has 0 heterocycles. The zero-order valence-electron chi connectivity index (χ0n) is 14.6. The second-order valence-electron chi connectivity index (χ2n) is 5.89. The lowest BCUT2D eigenvalue weighted by atomic mass is 10.1. The molecule has 0 atom stereocenters. The number of nitrogens with one attached hydrogen (secondary N) is 2. The van der Waals surface area contributed by atoms with Crippen LogP contribution in [-0.2, 0) is 0 Å². The van der Waals surface area contributed by atoms with Crippen molar-refractivity contribution in [1.29, 1.82) is 5.41 Å². The number of carbonyl (C=O) groups is 1. The molecule has 0 unspecified atom stereocenters. The van der Waals surface area contributed by atoms with Gasteiger partial charge in [-0.1, -0.05) is 11.8 Å². The van der Waals surface area contributed by atoms with Crippen LogP contribution in [0.3, 0.4) is 0 Å². The van der Waals surface area contributed by atoms with Gasteiger partial charge in [-0.25, -0.2) is 8.78 Å². The predicted octanol–water partition coefficient (Wildman–Crippen LogP) is 4.20. The number of nitrogen functional groups attached to an aromatic ring is 1. The SMILES string of the molecule is N=Cc1cc(C#Cc2ccc(F)c(C(=O)Nc3ccc(F)cc3)c2)ccc1N. The van der Waals surface area contributed by atoms with Gasteiger partial charge in [0.15, 0.2) is 0 Å². The van der Waals surface area contributed by atoms with Crippen LogP contribution in [0.15, 0.2) is 60.7 Å². The Morgan fingerprint density at radius 3 is 2.29 bits per heavy atom. The van der Waals surface area contributed by atoms with Gasteiger partial charge < -0.3 is 16.5 Å². The number of halogens is 2. The topological polar surface area (TPSA) is 79.0 Å². The molecule has 138 valence electrons. The van der Waals surface area contributed by atoms with Crippen LogP contribution in [0.25, 0.3) is 0 Å². The molecule has 0 saturated carbocycles. The van der Waals surface area contributed by atoms with Crippen LogP contribution in [-0.4, -0.2) is 12.1 Å². The van der Waals surface area contributed by atoms with Gasteiger partial charge in [-0.2, -0.15) is 0 Å².